The fraction of sp³-hybridized carbons (Fsp3) is 0.533. The summed E-state index contributed by atoms with van der Waals surface area (Å²) in [5.41, 5.74) is 7.07. The Hall–Kier alpha value is -1.20. The number of carbonyl (C=O) groups excluding carboxylic acids is 1. The van der Waals surface area contributed by atoms with Gasteiger partial charge in [-0.2, -0.15) is 11.8 Å². The quantitative estimate of drug-likeness (QED) is 0.747. The molecule has 20 heavy (non-hydrogen) atoms. The van der Waals surface area contributed by atoms with Gasteiger partial charge in [-0.05, 0) is 19.9 Å². The Balaban J connectivity index is 2.31. The van der Waals surface area contributed by atoms with E-state index in [1.54, 1.807) is 18.9 Å². The Kier molecular flexibility index (Phi) is 7.47. The Bertz CT molecular complexity index is 423. The van der Waals surface area contributed by atoms with Gasteiger partial charge >= 0.3 is 5.97 Å². The summed E-state index contributed by atoms with van der Waals surface area (Å²) in [6.45, 7) is 3.67. The van der Waals surface area contributed by atoms with Gasteiger partial charge in [-0.3, -0.25) is 4.79 Å². The Morgan fingerprint density at radius 2 is 2.05 bits per heavy atom. The smallest absolute Gasteiger partial charge is 0.307 e. The molecule has 0 heterocycles. The average molecular weight is 297 g/mol. The van der Waals surface area contributed by atoms with Crippen molar-refractivity contribution in [3.05, 3.63) is 29.8 Å². The molecule has 1 aromatic carbocycles. The molecule has 0 saturated carbocycles. The van der Waals surface area contributed by atoms with Gasteiger partial charge in [0.25, 0.3) is 0 Å². The lowest BCUT2D eigenvalue weighted by Gasteiger charge is -2.13. The molecule has 5 heteroatoms. The molecule has 0 spiro atoms. The molecule has 0 aliphatic carbocycles. The molecule has 0 unspecified atom stereocenters. The summed E-state index contributed by atoms with van der Waals surface area (Å²) < 4.78 is 10.4. The summed E-state index contributed by atoms with van der Waals surface area (Å²) in [5.74, 6) is 2.18. The Morgan fingerprint density at radius 1 is 1.35 bits per heavy atom. The van der Waals surface area contributed by atoms with Gasteiger partial charge in [0.15, 0.2) is 0 Å². The van der Waals surface area contributed by atoms with E-state index < -0.39 is 0 Å². The van der Waals surface area contributed by atoms with Crippen LogP contribution >= 0.6 is 11.8 Å². The standard InChI is InChI=1S/C15H23NO3S/c1-11(2)19-15(17)8-13(16)10-20-9-12-6-4-5-7-14(12)18-3/h4-7,11,13H,8-10,16H2,1-3H3/t13-/m0/s1. The van der Waals surface area contributed by atoms with Crippen LogP contribution in [0.1, 0.15) is 25.8 Å². The maximum atomic E-state index is 11.5. The van der Waals surface area contributed by atoms with Gasteiger partial charge in [0, 0.05) is 23.1 Å². The first-order valence-corrected chi connectivity index (χ1v) is 7.83. The number of hydrogen-bond acceptors (Lipinski definition) is 5. The number of methoxy groups -OCH3 is 1. The van der Waals surface area contributed by atoms with Gasteiger partial charge in [0.1, 0.15) is 5.75 Å². The lowest BCUT2D eigenvalue weighted by atomic mass is 10.2. The molecule has 0 bridgehead atoms. The highest BCUT2D eigenvalue weighted by Gasteiger charge is 2.12. The molecule has 0 amide bonds. The Morgan fingerprint density at radius 3 is 2.70 bits per heavy atom. The minimum atomic E-state index is -0.231. The van der Waals surface area contributed by atoms with E-state index in [0.717, 1.165) is 17.1 Å². The maximum absolute atomic E-state index is 11.5. The SMILES string of the molecule is COc1ccccc1CSC[C@@H](N)CC(=O)OC(C)C. The van der Waals surface area contributed by atoms with Crippen molar-refractivity contribution in [2.45, 2.75) is 38.2 Å². The van der Waals surface area contributed by atoms with E-state index in [9.17, 15) is 4.79 Å². The van der Waals surface area contributed by atoms with Gasteiger partial charge in [-0.25, -0.2) is 0 Å². The fourth-order valence-electron chi connectivity index (χ4n) is 1.73. The average Bonchev–Trinajstić information content (AvgIpc) is 2.38. The topological polar surface area (TPSA) is 61.5 Å². The number of nitrogens with two attached hydrogens (primary N) is 1. The van der Waals surface area contributed by atoms with E-state index in [2.05, 4.69) is 0 Å². The summed E-state index contributed by atoms with van der Waals surface area (Å²) in [4.78, 5) is 11.5. The number of thioether (sulfide) groups is 1. The van der Waals surface area contributed by atoms with Crippen LogP contribution in [-0.4, -0.2) is 31.0 Å². The molecule has 0 saturated heterocycles. The normalized spacial score (nSPS) is 12.2. The molecule has 1 aromatic rings. The van der Waals surface area contributed by atoms with E-state index in [-0.39, 0.29) is 24.5 Å². The highest BCUT2D eigenvalue weighted by atomic mass is 32.2. The second kappa shape index (κ2) is 8.87. The van der Waals surface area contributed by atoms with Crippen LogP contribution in [0, 0.1) is 0 Å². The molecule has 0 radical (unpaired) electrons. The number of esters is 1. The molecule has 1 rings (SSSR count). The first kappa shape index (κ1) is 16.9. The molecule has 112 valence electrons. The zero-order valence-corrected chi connectivity index (χ0v) is 13.1. The van der Waals surface area contributed by atoms with E-state index >= 15 is 0 Å². The van der Waals surface area contributed by atoms with Crippen LogP contribution in [0.25, 0.3) is 0 Å². The summed E-state index contributed by atoms with van der Waals surface area (Å²) in [7, 11) is 1.66. The molecule has 0 aliphatic heterocycles. The molecular formula is C15H23NO3S. The number of hydrogen-bond donors (Lipinski definition) is 1. The van der Waals surface area contributed by atoms with Crippen LogP contribution in [0.3, 0.4) is 0 Å². The van der Waals surface area contributed by atoms with Crippen LogP contribution in [0.15, 0.2) is 24.3 Å². The van der Waals surface area contributed by atoms with Crippen molar-refractivity contribution in [3.8, 4) is 5.75 Å². The summed E-state index contributed by atoms with van der Waals surface area (Å²) in [6.07, 6.45) is 0.174. The van der Waals surface area contributed by atoms with E-state index in [1.807, 2.05) is 38.1 Å². The third-order valence-corrected chi connectivity index (χ3v) is 3.76. The second-order valence-electron chi connectivity index (χ2n) is 4.83. The molecule has 1 atom stereocenters. The number of carbonyl (C=O) groups is 1. The van der Waals surface area contributed by atoms with E-state index in [1.165, 1.54) is 0 Å². The monoisotopic (exact) mass is 297 g/mol. The van der Waals surface area contributed by atoms with Crippen LogP contribution in [0.2, 0.25) is 0 Å². The molecule has 0 fully saturated rings. The van der Waals surface area contributed by atoms with Crippen LogP contribution in [-0.2, 0) is 15.3 Å². The van der Waals surface area contributed by atoms with Crippen molar-refractivity contribution in [2.75, 3.05) is 12.9 Å². The lowest BCUT2D eigenvalue weighted by Crippen LogP contribution is -2.28. The highest BCUT2D eigenvalue weighted by molar-refractivity contribution is 7.98. The highest BCUT2D eigenvalue weighted by Crippen LogP contribution is 2.23. The van der Waals surface area contributed by atoms with Gasteiger partial charge in [-0.15, -0.1) is 0 Å². The van der Waals surface area contributed by atoms with Crippen molar-refractivity contribution in [3.63, 3.8) is 0 Å². The lowest BCUT2D eigenvalue weighted by molar-refractivity contribution is -0.147. The van der Waals surface area contributed by atoms with Crippen molar-refractivity contribution < 1.29 is 14.3 Å². The number of benzene rings is 1. The first-order chi connectivity index (χ1) is 9.52. The summed E-state index contributed by atoms with van der Waals surface area (Å²) >= 11 is 1.69. The third kappa shape index (κ3) is 6.30. The molecule has 4 nitrogen and oxygen atoms in total. The minimum Gasteiger partial charge on any atom is -0.496 e. The number of rotatable bonds is 8. The van der Waals surface area contributed by atoms with Crippen molar-refractivity contribution in [2.24, 2.45) is 5.73 Å². The van der Waals surface area contributed by atoms with Crippen LogP contribution < -0.4 is 10.5 Å². The zero-order chi connectivity index (χ0) is 15.0. The fourth-order valence-corrected chi connectivity index (χ4v) is 2.72. The Labute approximate surface area is 125 Å². The largest absolute Gasteiger partial charge is 0.496 e. The molecule has 0 aliphatic rings. The van der Waals surface area contributed by atoms with Crippen molar-refractivity contribution in [1.29, 1.82) is 0 Å². The molecule has 0 aromatic heterocycles. The van der Waals surface area contributed by atoms with Gasteiger partial charge in [-0.1, -0.05) is 18.2 Å². The third-order valence-electron chi connectivity index (χ3n) is 2.58. The van der Waals surface area contributed by atoms with Crippen LogP contribution in [0.4, 0.5) is 0 Å². The minimum absolute atomic E-state index is 0.0871. The number of para-hydroxylation sites is 1. The van der Waals surface area contributed by atoms with Crippen LogP contribution in [0.5, 0.6) is 5.75 Å². The van der Waals surface area contributed by atoms with Crippen molar-refractivity contribution >= 4 is 17.7 Å². The molecular weight excluding hydrogens is 274 g/mol. The second-order valence-corrected chi connectivity index (χ2v) is 5.86. The van der Waals surface area contributed by atoms with E-state index in [0.29, 0.717) is 5.75 Å². The predicted octanol–water partition coefficient (Wildman–Crippen LogP) is 2.60. The van der Waals surface area contributed by atoms with Gasteiger partial charge in [0.2, 0.25) is 0 Å². The zero-order valence-electron chi connectivity index (χ0n) is 12.3. The van der Waals surface area contributed by atoms with Gasteiger partial charge in [0.05, 0.1) is 19.6 Å². The number of ether oxygens (including phenoxy) is 2. The first-order valence-electron chi connectivity index (χ1n) is 6.67. The van der Waals surface area contributed by atoms with Crippen molar-refractivity contribution in [1.82, 2.24) is 0 Å². The van der Waals surface area contributed by atoms with E-state index in [4.69, 9.17) is 15.2 Å². The molecule has 2 N–H and O–H groups in total. The van der Waals surface area contributed by atoms with Gasteiger partial charge < -0.3 is 15.2 Å². The summed E-state index contributed by atoms with van der Waals surface area (Å²) in [5, 5.41) is 0. The summed E-state index contributed by atoms with van der Waals surface area (Å²) in [6, 6.07) is 7.72. The predicted molar refractivity (Wildman–Crippen MR) is 83.0 cm³/mol. The maximum Gasteiger partial charge on any atom is 0.307 e.